The minimum absolute atomic E-state index is 0.0512. The summed E-state index contributed by atoms with van der Waals surface area (Å²) in [6.07, 6.45) is 2.49. The summed E-state index contributed by atoms with van der Waals surface area (Å²) in [7, 11) is 1.28. The van der Waals surface area contributed by atoms with E-state index in [-0.39, 0.29) is 23.3 Å². The van der Waals surface area contributed by atoms with Crippen molar-refractivity contribution in [2.24, 2.45) is 23.7 Å². The Morgan fingerprint density at radius 2 is 1.83 bits per heavy atom. The van der Waals surface area contributed by atoms with Crippen molar-refractivity contribution in [2.45, 2.75) is 19.3 Å². The summed E-state index contributed by atoms with van der Waals surface area (Å²) in [5.41, 5.74) is 1.47. The second-order valence-corrected chi connectivity index (χ2v) is 8.82. The Bertz CT molecular complexity index is 987. The normalized spacial score (nSPS) is 25.0. The van der Waals surface area contributed by atoms with E-state index >= 15 is 0 Å². The Kier molecular flexibility index (Phi) is 5.36. The smallest absolute Gasteiger partial charge is 0.341 e. The molecule has 2 fully saturated rings. The van der Waals surface area contributed by atoms with Gasteiger partial charge in [-0.3, -0.25) is 9.59 Å². The van der Waals surface area contributed by atoms with Gasteiger partial charge in [-0.15, -0.1) is 11.3 Å². The summed E-state index contributed by atoms with van der Waals surface area (Å²) in [5.74, 6) is -2.98. The number of nitrogens with one attached hydrogen (secondary N) is 1. The summed E-state index contributed by atoms with van der Waals surface area (Å²) in [6, 6.07) is 7.12. The molecule has 8 heteroatoms. The van der Waals surface area contributed by atoms with Gasteiger partial charge in [-0.2, -0.15) is 0 Å². The van der Waals surface area contributed by atoms with Gasteiger partial charge in [0.05, 0.1) is 18.9 Å². The molecule has 152 valence electrons. The van der Waals surface area contributed by atoms with Crippen molar-refractivity contribution in [3.8, 4) is 11.1 Å². The Balaban J connectivity index is 1.67. The summed E-state index contributed by atoms with van der Waals surface area (Å²) < 4.78 is 4.93. The third-order valence-electron chi connectivity index (χ3n) is 6.09. The molecule has 1 heterocycles. The zero-order valence-corrected chi connectivity index (χ0v) is 17.3. The number of fused-ring (bicyclic) bond motifs is 2. The van der Waals surface area contributed by atoms with Gasteiger partial charge in [0.15, 0.2) is 0 Å². The van der Waals surface area contributed by atoms with Crippen LogP contribution in [0.15, 0.2) is 29.6 Å². The third kappa shape index (κ3) is 3.42. The average Bonchev–Trinajstić information content (AvgIpc) is 3.42. The minimum atomic E-state index is -0.923. The van der Waals surface area contributed by atoms with E-state index in [2.05, 4.69) is 5.32 Å². The van der Waals surface area contributed by atoms with Crippen LogP contribution in [-0.4, -0.2) is 30.1 Å². The molecular weight excluding hydrogens is 414 g/mol. The number of methoxy groups -OCH3 is 1. The number of anilines is 1. The maximum absolute atomic E-state index is 13.0. The van der Waals surface area contributed by atoms with E-state index in [1.165, 1.54) is 18.4 Å². The van der Waals surface area contributed by atoms with Gasteiger partial charge in [-0.1, -0.05) is 29.8 Å². The lowest BCUT2D eigenvalue weighted by Gasteiger charge is -2.26. The maximum atomic E-state index is 13.0. The molecule has 1 amide bonds. The van der Waals surface area contributed by atoms with Crippen molar-refractivity contribution >= 4 is 45.8 Å². The number of halogens is 1. The molecule has 2 aliphatic rings. The van der Waals surface area contributed by atoms with Crippen LogP contribution >= 0.6 is 22.9 Å². The van der Waals surface area contributed by atoms with Crippen molar-refractivity contribution in [1.82, 2.24) is 0 Å². The zero-order valence-electron chi connectivity index (χ0n) is 15.7. The molecule has 2 bridgehead atoms. The molecule has 0 unspecified atom stereocenters. The lowest BCUT2D eigenvalue weighted by Crippen LogP contribution is -2.37. The van der Waals surface area contributed by atoms with Crippen LogP contribution in [0, 0.1) is 23.7 Å². The molecule has 0 aliphatic heterocycles. The number of benzene rings is 1. The molecule has 4 atom stereocenters. The highest BCUT2D eigenvalue weighted by Gasteiger charge is 2.54. The third-order valence-corrected chi connectivity index (χ3v) is 7.31. The quantitative estimate of drug-likeness (QED) is 0.675. The van der Waals surface area contributed by atoms with Gasteiger partial charge in [-0.05, 0) is 37.2 Å². The highest BCUT2D eigenvalue weighted by molar-refractivity contribution is 7.15. The summed E-state index contributed by atoms with van der Waals surface area (Å²) >= 11 is 7.50. The van der Waals surface area contributed by atoms with Crippen molar-refractivity contribution in [3.63, 3.8) is 0 Å². The van der Waals surface area contributed by atoms with Crippen LogP contribution in [-0.2, 0) is 14.3 Å². The van der Waals surface area contributed by atoms with E-state index in [0.29, 0.717) is 21.2 Å². The van der Waals surface area contributed by atoms with E-state index in [9.17, 15) is 19.5 Å². The Labute approximate surface area is 176 Å². The van der Waals surface area contributed by atoms with Crippen LogP contribution in [0.1, 0.15) is 29.6 Å². The number of esters is 1. The topological polar surface area (TPSA) is 92.7 Å². The Morgan fingerprint density at radius 3 is 2.48 bits per heavy atom. The maximum Gasteiger partial charge on any atom is 0.341 e. The van der Waals surface area contributed by atoms with Gasteiger partial charge < -0.3 is 15.2 Å². The zero-order chi connectivity index (χ0) is 20.7. The van der Waals surface area contributed by atoms with Crippen LogP contribution in [0.2, 0.25) is 5.02 Å². The Morgan fingerprint density at radius 1 is 1.14 bits per heavy atom. The first-order valence-electron chi connectivity index (χ1n) is 9.40. The van der Waals surface area contributed by atoms with E-state index in [1.807, 2.05) is 6.07 Å². The fraction of sp³-hybridized carbons (Fsp3) is 0.381. The second-order valence-electron chi connectivity index (χ2n) is 7.54. The van der Waals surface area contributed by atoms with E-state index in [0.717, 1.165) is 19.3 Å². The van der Waals surface area contributed by atoms with Crippen LogP contribution in [0.25, 0.3) is 11.1 Å². The molecule has 4 rings (SSSR count). The molecule has 0 radical (unpaired) electrons. The molecule has 2 N–H and O–H groups in total. The number of aliphatic carboxylic acids is 1. The Hall–Kier alpha value is -2.38. The number of amides is 1. The van der Waals surface area contributed by atoms with Gasteiger partial charge in [0.2, 0.25) is 5.91 Å². The molecule has 1 aromatic carbocycles. The molecular formula is C21H20ClNO5S. The minimum Gasteiger partial charge on any atom is -0.481 e. The molecule has 2 aliphatic carbocycles. The number of rotatable bonds is 5. The second kappa shape index (κ2) is 7.80. The van der Waals surface area contributed by atoms with Crippen LogP contribution in [0.3, 0.4) is 0 Å². The summed E-state index contributed by atoms with van der Waals surface area (Å²) in [5, 5.41) is 15.0. The van der Waals surface area contributed by atoms with Gasteiger partial charge in [-0.25, -0.2) is 4.79 Å². The SMILES string of the molecule is COC(=O)c1c(-c2ccccc2Cl)csc1NC(=O)[C@@H]1[C@@H]2CC[C@@H](C2)[C@@H]1C(=O)O. The molecule has 29 heavy (non-hydrogen) atoms. The van der Waals surface area contributed by atoms with Crippen LogP contribution in [0.4, 0.5) is 5.00 Å². The average molecular weight is 434 g/mol. The van der Waals surface area contributed by atoms with Crippen molar-refractivity contribution in [1.29, 1.82) is 0 Å². The van der Waals surface area contributed by atoms with Crippen molar-refractivity contribution in [3.05, 3.63) is 40.2 Å². The van der Waals surface area contributed by atoms with Crippen LogP contribution in [0.5, 0.6) is 0 Å². The predicted molar refractivity (Wildman–Crippen MR) is 110 cm³/mol. The molecule has 0 spiro atoms. The molecule has 1 aromatic heterocycles. The fourth-order valence-corrected chi connectivity index (χ4v) is 6.04. The van der Waals surface area contributed by atoms with Gasteiger partial charge in [0, 0.05) is 21.5 Å². The largest absolute Gasteiger partial charge is 0.481 e. The van der Waals surface area contributed by atoms with Gasteiger partial charge >= 0.3 is 11.9 Å². The van der Waals surface area contributed by atoms with Crippen molar-refractivity contribution < 1.29 is 24.2 Å². The molecule has 0 saturated heterocycles. The molecule has 2 saturated carbocycles. The number of carboxylic acid groups (broad SMARTS) is 1. The highest BCUT2D eigenvalue weighted by Crippen LogP contribution is 2.53. The predicted octanol–water partition coefficient (Wildman–Crippen LogP) is 4.54. The first kappa shape index (κ1) is 19.9. The lowest BCUT2D eigenvalue weighted by molar-refractivity contribution is -0.148. The number of carbonyl (C=O) groups excluding carboxylic acids is 2. The molecule has 6 nitrogen and oxygen atoms in total. The number of carboxylic acids is 1. The number of hydrogen-bond donors (Lipinski definition) is 2. The highest BCUT2D eigenvalue weighted by atomic mass is 35.5. The summed E-state index contributed by atoms with van der Waals surface area (Å²) in [4.78, 5) is 37.3. The van der Waals surface area contributed by atoms with E-state index in [4.69, 9.17) is 16.3 Å². The van der Waals surface area contributed by atoms with Crippen LogP contribution < -0.4 is 5.32 Å². The lowest BCUT2D eigenvalue weighted by atomic mass is 9.79. The monoisotopic (exact) mass is 433 g/mol. The van der Waals surface area contributed by atoms with Gasteiger partial charge in [0.1, 0.15) is 10.6 Å². The number of ether oxygens (including phenoxy) is 1. The van der Waals surface area contributed by atoms with E-state index < -0.39 is 23.8 Å². The van der Waals surface area contributed by atoms with Crippen molar-refractivity contribution in [2.75, 3.05) is 12.4 Å². The van der Waals surface area contributed by atoms with E-state index in [1.54, 1.807) is 23.6 Å². The number of thiophene rings is 1. The number of hydrogen-bond acceptors (Lipinski definition) is 5. The number of carbonyl (C=O) groups is 3. The fourth-order valence-electron chi connectivity index (χ4n) is 4.85. The summed E-state index contributed by atoms with van der Waals surface area (Å²) in [6.45, 7) is 0. The molecule has 2 aromatic rings. The standard InChI is InChI=1S/C21H20ClNO5S/c1-28-21(27)17-13(12-4-2-3-5-14(12)22)9-29-19(17)23-18(24)15-10-6-7-11(8-10)16(15)20(25)26/h2-5,9-11,15-16H,6-8H2,1H3,(H,23,24)(H,25,26)/t10-,11+,15-,16+/m1/s1. The first-order chi connectivity index (χ1) is 13.9. The first-order valence-corrected chi connectivity index (χ1v) is 10.7. The van der Waals surface area contributed by atoms with Gasteiger partial charge in [0.25, 0.3) is 0 Å².